The van der Waals surface area contributed by atoms with Crippen molar-refractivity contribution in [3.63, 3.8) is 0 Å². The fourth-order valence-corrected chi connectivity index (χ4v) is 3.61. The first kappa shape index (κ1) is 15.0. The largest absolute Gasteiger partial charge is 0.478 e. The number of pyridine rings is 1. The van der Waals surface area contributed by atoms with E-state index in [1.54, 1.807) is 24.3 Å². The SMILES string of the molecule is Cc1cc(C)c(C(=O)O)c(N(C)Cc2cc(Br)cs2)n1. The molecule has 2 aromatic heterocycles. The first-order valence-corrected chi connectivity index (χ1v) is 7.71. The van der Waals surface area contributed by atoms with E-state index in [9.17, 15) is 9.90 Å². The second kappa shape index (κ2) is 5.93. The molecule has 0 aromatic carbocycles. The van der Waals surface area contributed by atoms with Gasteiger partial charge < -0.3 is 10.0 Å². The lowest BCUT2D eigenvalue weighted by atomic mass is 10.1. The number of hydrogen-bond acceptors (Lipinski definition) is 4. The summed E-state index contributed by atoms with van der Waals surface area (Å²) >= 11 is 5.05. The van der Waals surface area contributed by atoms with Gasteiger partial charge in [0.05, 0.1) is 6.54 Å². The van der Waals surface area contributed by atoms with Crippen molar-refractivity contribution in [2.75, 3.05) is 11.9 Å². The highest BCUT2D eigenvalue weighted by molar-refractivity contribution is 9.10. The van der Waals surface area contributed by atoms with E-state index in [0.29, 0.717) is 12.4 Å². The van der Waals surface area contributed by atoms with Crippen LogP contribution in [-0.4, -0.2) is 23.1 Å². The minimum absolute atomic E-state index is 0.272. The zero-order chi connectivity index (χ0) is 14.9. The molecule has 1 N–H and O–H groups in total. The lowest BCUT2D eigenvalue weighted by Gasteiger charge is -2.21. The number of carboxylic acids is 1. The number of aromatic carboxylic acids is 1. The lowest BCUT2D eigenvalue weighted by molar-refractivity contribution is 0.0696. The van der Waals surface area contributed by atoms with Crippen LogP contribution in [0.25, 0.3) is 0 Å². The number of aryl methyl sites for hydroxylation is 2. The fourth-order valence-electron chi connectivity index (χ4n) is 2.10. The topological polar surface area (TPSA) is 53.4 Å². The third kappa shape index (κ3) is 3.19. The number of aromatic nitrogens is 1. The van der Waals surface area contributed by atoms with Gasteiger partial charge in [0.15, 0.2) is 0 Å². The van der Waals surface area contributed by atoms with E-state index < -0.39 is 5.97 Å². The third-order valence-electron chi connectivity index (χ3n) is 2.92. The van der Waals surface area contributed by atoms with Crippen LogP contribution in [0.1, 0.15) is 26.5 Å². The molecule has 0 saturated heterocycles. The molecule has 0 unspecified atom stereocenters. The third-order valence-corrected chi connectivity index (χ3v) is 4.60. The summed E-state index contributed by atoms with van der Waals surface area (Å²) in [5, 5.41) is 11.4. The zero-order valence-electron chi connectivity index (χ0n) is 11.5. The molecule has 0 fully saturated rings. The van der Waals surface area contributed by atoms with Gasteiger partial charge in [-0.2, -0.15) is 0 Å². The highest BCUT2D eigenvalue weighted by atomic mass is 79.9. The maximum atomic E-state index is 11.4. The fraction of sp³-hybridized carbons (Fsp3) is 0.286. The summed E-state index contributed by atoms with van der Waals surface area (Å²) in [7, 11) is 1.86. The molecule has 0 saturated carbocycles. The van der Waals surface area contributed by atoms with Crippen LogP contribution in [0.2, 0.25) is 0 Å². The van der Waals surface area contributed by atoms with Gasteiger partial charge in [-0.25, -0.2) is 9.78 Å². The Labute approximate surface area is 130 Å². The molecule has 0 amide bonds. The molecule has 0 aliphatic heterocycles. The summed E-state index contributed by atoms with van der Waals surface area (Å²) in [6, 6.07) is 3.83. The van der Waals surface area contributed by atoms with Crippen molar-refractivity contribution in [2.45, 2.75) is 20.4 Å². The second-order valence-corrected chi connectivity index (χ2v) is 6.58. The Bertz CT molecular complexity index is 655. The molecule has 0 aliphatic carbocycles. The van der Waals surface area contributed by atoms with Gasteiger partial charge in [0.1, 0.15) is 11.4 Å². The first-order chi connectivity index (χ1) is 9.38. The van der Waals surface area contributed by atoms with E-state index in [1.165, 1.54) is 0 Å². The Morgan fingerprint density at radius 1 is 1.45 bits per heavy atom. The molecule has 20 heavy (non-hydrogen) atoms. The Morgan fingerprint density at radius 3 is 2.70 bits per heavy atom. The molecule has 6 heteroatoms. The second-order valence-electron chi connectivity index (χ2n) is 4.67. The molecule has 106 valence electrons. The maximum Gasteiger partial charge on any atom is 0.339 e. The lowest BCUT2D eigenvalue weighted by Crippen LogP contribution is -2.21. The predicted octanol–water partition coefficient (Wildman–Crippen LogP) is 3.86. The number of carbonyl (C=O) groups is 1. The molecule has 4 nitrogen and oxygen atoms in total. The van der Waals surface area contributed by atoms with Crippen molar-refractivity contribution >= 4 is 39.1 Å². The van der Waals surface area contributed by atoms with E-state index >= 15 is 0 Å². The monoisotopic (exact) mass is 354 g/mol. The predicted molar refractivity (Wildman–Crippen MR) is 84.8 cm³/mol. The number of hydrogen-bond donors (Lipinski definition) is 1. The Hall–Kier alpha value is -1.40. The highest BCUT2D eigenvalue weighted by Crippen LogP contribution is 2.26. The number of thiophene rings is 1. The Morgan fingerprint density at radius 2 is 2.15 bits per heavy atom. The summed E-state index contributed by atoms with van der Waals surface area (Å²) in [6.45, 7) is 4.31. The number of anilines is 1. The number of carboxylic acid groups (broad SMARTS) is 1. The zero-order valence-corrected chi connectivity index (χ0v) is 13.9. The van der Waals surface area contributed by atoms with Crippen LogP contribution >= 0.6 is 27.3 Å². The molecule has 0 aliphatic rings. The average Bonchev–Trinajstić information content (AvgIpc) is 2.72. The van der Waals surface area contributed by atoms with Gasteiger partial charge in [-0.1, -0.05) is 0 Å². The van der Waals surface area contributed by atoms with Crippen LogP contribution < -0.4 is 4.90 Å². The van der Waals surface area contributed by atoms with E-state index in [4.69, 9.17) is 0 Å². The van der Waals surface area contributed by atoms with Gasteiger partial charge in [0, 0.05) is 27.5 Å². The molecule has 2 heterocycles. The molecular formula is C14H15BrN2O2S. The quantitative estimate of drug-likeness (QED) is 0.905. The van der Waals surface area contributed by atoms with Gasteiger partial charge in [-0.15, -0.1) is 11.3 Å². The van der Waals surface area contributed by atoms with Crippen molar-refractivity contribution in [3.05, 3.63) is 43.7 Å². The normalized spacial score (nSPS) is 10.6. The minimum Gasteiger partial charge on any atom is -0.478 e. The van der Waals surface area contributed by atoms with Crippen LogP contribution in [-0.2, 0) is 6.54 Å². The van der Waals surface area contributed by atoms with Crippen LogP contribution in [0.4, 0.5) is 5.82 Å². The maximum absolute atomic E-state index is 11.4. The van der Waals surface area contributed by atoms with E-state index in [0.717, 1.165) is 20.6 Å². The summed E-state index contributed by atoms with van der Waals surface area (Å²) in [6.07, 6.45) is 0. The van der Waals surface area contributed by atoms with E-state index in [1.807, 2.05) is 30.3 Å². The average molecular weight is 355 g/mol. The van der Waals surface area contributed by atoms with Crippen LogP contribution in [0.5, 0.6) is 0 Å². The van der Waals surface area contributed by atoms with Crippen molar-refractivity contribution in [2.24, 2.45) is 0 Å². The Kier molecular flexibility index (Phi) is 4.45. The van der Waals surface area contributed by atoms with Gasteiger partial charge in [-0.05, 0) is 47.5 Å². The standard InChI is InChI=1S/C14H15BrN2O2S/c1-8-4-9(2)16-13(12(8)14(18)19)17(3)6-11-5-10(15)7-20-11/h4-5,7H,6H2,1-3H3,(H,18,19). The van der Waals surface area contributed by atoms with Gasteiger partial charge >= 0.3 is 5.97 Å². The van der Waals surface area contributed by atoms with Crippen LogP contribution in [0.15, 0.2) is 22.0 Å². The molecule has 0 bridgehead atoms. The number of rotatable bonds is 4. The van der Waals surface area contributed by atoms with E-state index in [2.05, 4.69) is 20.9 Å². The van der Waals surface area contributed by atoms with Gasteiger partial charge in [0.2, 0.25) is 0 Å². The van der Waals surface area contributed by atoms with Crippen LogP contribution in [0, 0.1) is 13.8 Å². The van der Waals surface area contributed by atoms with Crippen molar-refractivity contribution in [3.8, 4) is 0 Å². The molecule has 0 spiro atoms. The summed E-state index contributed by atoms with van der Waals surface area (Å²) in [5.41, 5.74) is 1.83. The Balaban J connectivity index is 2.38. The first-order valence-electron chi connectivity index (χ1n) is 6.04. The summed E-state index contributed by atoms with van der Waals surface area (Å²) < 4.78 is 1.04. The number of halogens is 1. The van der Waals surface area contributed by atoms with Gasteiger partial charge in [-0.3, -0.25) is 0 Å². The highest BCUT2D eigenvalue weighted by Gasteiger charge is 2.19. The van der Waals surface area contributed by atoms with Crippen LogP contribution in [0.3, 0.4) is 0 Å². The smallest absolute Gasteiger partial charge is 0.339 e. The molecule has 0 radical (unpaired) electrons. The number of nitrogens with zero attached hydrogens (tertiary/aromatic N) is 2. The summed E-state index contributed by atoms with van der Waals surface area (Å²) in [5.74, 6) is -0.427. The minimum atomic E-state index is -0.941. The van der Waals surface area contributed by atoms with Crippen molar-refractivity contribution < 1.29 is 9.90 Å². The molecule has 0 atom stereocenters. The summed E-state index contributed by atoms with van der Waals surface area (Å²) in [4.78, 5) is 18.9. The van der Waals surface area contributed by atoms with Crippen molar-refractivity contribution in [1.82, 2.24) is 4.98 Å². The molecule has 2 aromatic rings. The van der Waals surface area contributed by atoms with Gasteiger partial charge in [0.25, 0.3) is 0 Å². The molecule has 2 rings (SSSR count). The molecular weight excluding hydrogens is 340 g/mol. The van der Waals surface area contributed by atoms with Crippen molar-refractivity contribution in [1.29, 1.82) is 0 Å². The van der Waals surface area contributed by atoms with E-state index in [-0.39, 0.29) is 5.56 Å².